The third-order valence-electron chi connectivity index (χ3n) is 4.31. The number of piperidine rings is 1. The van der Waals surface area contributed by atoms with E-state index in [1.165, 1.54) is 24.8 Å². The topological polar surface area (TPSA) is 38.5 Å². The summed E-state index contributed by atoms with van der Waals surface area (Å²) in [5.41, 5.74) is 8.22. The quantitative estimate of drug-likeness (QED) is 0.906. The zero-order chi connectivity index (χ0) is 13.8. The second kappa shape index (κ2) is 6.40. The van der Waals surface area contributed by atoms with Gasteiger partial charge in [0, 0.05) is 30.7 Å². The number of hydrogen-bond donors (Lipinski definition) is 1. The average molecular weight is 262 g/mol. The molecule has 0 spiro atoms. The molecule has 0 amide bonds. The van der Waals surface area contributed by atoms with Crippen molar-refractivity contribution in [2.75, 3.05) is 7.11 Å². The van der Waals surface area contributed by atoms with E-state index < -0.39 is 0 Å². The molecule has 0 radical (unpaired) electrons. The highest BCUT2D eigenvalue weighted by Crippen LogP contribution is 2.26. The first kappa shape index (κ1) is 14.4. The van der Waals surface area contributed by atoms with Gasteiger partial charge in [-0.3, -0.25) is 4.90 Å². The normalized spacial score (nSPS) is 24.4. The Hall–Kier alpha value is -1.06. The largest absolute Gasteiger partial charge is 0.496 e. The van der Waals surface area contributed by atoms with E-state index in [0.717, 1.165) is 17.9 Å². The Morgan fingerprint density at radius 1 is 1.26 bits per heavy atom. The molecule has 1 saturated heterocycles. The van der Waals surface area contributed by atoms with E-state index in [0.29, 0.717) is 18.6 Å². The van der Waals surface area contributed by atoms with Crippen molar-refractivity contribution in [1.82, 2.24) is 4.90 Å². The molecule has 0 aliphatic carbocycles. The molecule has 1 aliphatic heterocycles. The molecule has 1 aromatic carbocycles. The molecule has 2 N–H and O–H groups in total. The lowest BCUT2D eigenvalue weighted by Gasteiger charge is -2.39. The molecule has 106 valence electrons. The molecular formula is C16H26N2O. The van der Waals surface area contributed by atoms with Crippen LogP contribution in [-0.2, 0) is 13.1 Å². The lowest BCUT2D eigenvalue weighted by molar-refractivity contribution is 0.0952. The highest BCUT2D eigenvalue weighted by Gasteiger charge is 2.24. The van der Waals surface area contributed by atoms with Gasteiger partial charge in [0.1, 0.15) is 5.75 Å². The van der Waals surface area contributed by atoms with E-state index in [1.54, 1.807) is 7.11 Å². The van der Waals surface area contributed by atoms with Gasteiger partial charge in [0.25, 0.3) is 0 Å². The minimum Gasteiger partial charge on any atom is -0.496 e. The van der Waals surface area contributed by atoms with Gasteiger partial charge in [0.15, 0.2) is 0 Å². The van der Waals surface area contributed by atoms with E-state index in [4.69, 9.17) is 10.5 Å². The van der Waals surface area contributed by atoms with Crippen LogP contribution in [0.25, 0.3) is 0 Å². The molecular weight excluding hydrogens is 236 g/mol. The van der Waals surface area contributed by atoms with Crippen molar-refractivity contribution in [2.24, 2.45) is 5.73 Å². The summed E-state index contributed by atoms with van der Waals surface area (Å²) in [6.07, 6.45) is 3.98. The van der Waals surface area contributed by atoms with Crippen LogP contribution in [0.1, 0.15) is 44.2 Å². The number of hydrogen-bond acceptors (Lipinski definition) is 3. The van der Waals surface area contributed by atoms with E-state index in [-0.39, 0.29) is 0 Å². The minimum absolute atomic E-state index is 0.530. The lowest BCUT2D eigenvalue weighted by atomic mass is 9.96. The van der Waals surface area contributed by atoms with Gasteiger partial charge in [-0.05, 0) is 44.4 Å². The second-order valence-corrected chi connectivity index (χ2v) is 5.65. The maximum atomic E-state index is 5.79. The van der Waals surface area contributed by atoms with Gasteiger partial charge in [-0.25, -0.2) is 0 Å². The van der Waals surface area contributed by atoms with Crippen LogP contribution in [0.4, 0.5) is 0 Å². The monoisotopic (exact) mass is 262 g/mol. The fourth-order valence-electron chi connectivity index (χ4n) is 3.09. The summed E-state index contributed by atoms with van der Waals surface area (Å²) in [7, 11) is 1.70. The van der Waals surface area contributed by atoms with Crippen LogP contribution in [0, 0.1) is 0 Å². The van der Waals surface area contributed by atoms with Crippen LogP contribution in [0.3, 0.4) is 0 Å². The van der Waals surface area contributed by atoms with Crippen LogP contribution in [0.2, 0.25) is 0 Å². The molecule has 1 heterocycles. The summed E-state index contributed by atoms with van der Waals surface area (Å²) in [5, 5.41) is 0. The number of rotatable bonds is 4. The molecule has 19 heavy (non-hydrogen) atoms. The Morgan fingerprint density at radius 2 is 1.95 bits per heavy atom. The summed E-state index contributed by atoms with van der Waals surface area (Å²) in [5.74, 6) is 0.894. The van der Waals surface area contributed by atoms with Gasteiger partial charge < -0.3 is 10.5 Å². The van der Waals surface area contributed by atoms with Crippen molar-refractivity contribution in [3.8, 4) is 5.75 Å². The summed E-state index contributed by atoms with van der Waals surface area (Å²) >= 11 is 0. The van der Waals surface area contributed by atoms with Crippen LogP contribution in [-0.4, -0.2) is 24.1 Å². The smallest absolute Gasteiger partial charge is 0.123 e. The highest BCUT2D eigenvalue weighted by atomic mass is 16.5. The second-order valence-electron chi connectivity index (χ2n) is 5.65. The van der Waals surface area contributed by atoms with Crippen LogP contribution < -0.4 is 10.5 Å². The molecule has 0 aromatic heterocycles. The summed E-state index contributed by atoms with van der Waals surface area (Å²) in [6, 6.07) is 7.73. The van der Waals surface area contributed by atoms with E-state index >= 15 is 0 Å². The molecule has 0 saturated carbocycles. The van der Waals surface area contributed by atoms with E-state index in [2.05, 4.69) is 30.9 Å². The van der Waals surface area contributed by atoms with Crippen molar-refractivity contribution >= 4 is 0 Å². The zero-order valence-corrected chi connectivity index (χ0v) is 12.4. The standard InChI is InChI=1S/C16H26N2O/c1-12-5-4-6-13(2)18(12)11-14-7-8-16(19-3)15(9-14)10-17/h7-9,12-13H,4-6,10-11,17H2,1-3H3/t12-,13+. The molecule has 1 fully saturated rings. The molecule has 1 aromatic rings. The van der Waals surface area contributed by atoms with Gasteiger partial charge in [-0.1, -0.05) is 12.5 Å². The van der Waals surface area contributed by atoms with Crippen LogP contribution in [0.5, 0.6) is 5.75 Å². The van der Waals surface area contributed by atoms with E-state index in [1.807, 2.05) is 6.07 Å². The van der Waals surface area contributed by atoms with Gasteiger partial charge in [0.05, 0.1) is 7.11 Å². The number of nitrogens with zero attached hydrogens (tertiary/aromatic N) is 1. The fourth-order valence-corrected chi connectivity index (χ4v) is 3.09. The van der Waals surface area contributed by atoms with Crippen molar-refractivity contribution in [3.05, 3.63) is 29.3 Å². The van der Waals surface area contributed by atoms with Gasteiger partial charge >= 0.3 is 0 Å². The summed E-state index contributed by atoms with van der Waals surface area (Å²) < 4.78 is 5.33. The minimum atomic E-state index is 0.530. The maximum Gasteiger partial charge on any atom is 0.123 e. The molecule has 2 rings (SSSR count). The molecule has 0 unspecified atom stereocenters. The SMILES string of the molecule is COc1ccc(CN2[C@H](C)CCC[C@@H]2C)cc1CN. The number of benzene rings is 1. The zero-order valence-electron chi connectivity index (χ0n) is 12.4. The summed E-state index contributed by atoms with van der Waals surface area (Å²) in [4.78, 5) is 2.60. The third-order valence-corrected chi connectivity index (χ3v) is 4.31. The highest BCUT2D eigenvalue weighted by molar-refractivity contribution is 5.37. The van der Waals surface area contributed by atoms with Crippen molar-refractivity contribution in [3.63, 3.8) is 0 Å². The van der Waals surface area contributed by atoms with Gasteiger partial charge in [0.2, 0.25) is 0 Å². The number of methoxy groups -OCH3 is 1. The lowest BCUT2D eigenvalue weighted by Crippen LogP contribution is -2.42. The van der Waals surface area contributed by atoms with Crippen LogP contribution in [0.15, 0.2) is 18.2 Å². The van der Waals surface area contributed by atoms with Gasteiger partial charge in [-0.2, -0.15) is 0 Å². The molecule has 1 aliphatic rings. The van der Waals surface area contributed by atoms with Crippen molar-refractivity contribution < 1.29 is 4.74 Å². The number of likely N-dealkylation sites (tertiary alicyclic amines) is 1. The van der Waals surface area contributed by atoms with E-state index in [9.17, 15) is 0 Å². The number of nitrogens with two attached hydrogens (primary N) is 1. The molecule has 0 bridgehead atoms. The Balaban J connectivity index is 2.13. The third kappa shape index (κ3) is 3.28. The van der Waals surface area contributed by atoms with Crippen molar-refractivity contribution in [1.29, 1.82) is 0 Å². The fraction of sp³-hybridized carbons (Fsp3) is 0.625. The number of ether oxygens (including phenoxy) is 1. The average Bonchev–Trinajstić information content (AvgIpc) is 2.42. The van der Waals surface area contributed by atoms with Crippen molar-refractivity contribution in [2.45, 2.75) is 58.3 Å². The Morgan fingerprint density at radius 3 is 2.53 bits per heavy atom. The molecule has 3 nitrogen and oxygen atoms in total. The first-order chi connectivity index (χ1) is 9.15. The maximum absolute atomic E-state index is 5.79. The Kier molecular flexibility index (Phi) is 4.83. The Bertz CT molecular complexity index is 409. The van der Waals surface area contributed by atoms with Crippen LogP contribution >= 0.6 is 0 Å². The predicted molar refractivity (Wildman–Crippen MR) is 79.2 cm³/mol. The first-order valence-corrected chi connectivity index (χ1v) is 7.27. The summed E-state index contributed by atoms with van der Waals surface area (Å²) in [6.45, 7) is 6.22. The predicted octanol–water partition coefficient (Wildman–Crippen LogP) is 2.92. The molecule has 2 atom stereocenters. The first-order valence-electron chi connectivity index (χ1n) is 7.27. The Labute approximate surface area is 116 Å². The van der Waals surface area contributed by atoms with Gasteiger partial charge in [-0.15, -0.1) is 0 Å². The molecule has 3 heteroatoms.